The SMILES string of the molecule is O=C(O)C1CCOC1[Si](c1ccccc1)(c1ccccc1)c1ccccc1. The first-order valence-electron chi connectivity index (χ1n) is 9.25. The molecule has 1 saturated heterocycles. The molecule has 2 atom stereocenters. The van der Waals surface area contributed by atoms with Crippen LogP contribution in [-0.2, 0) is 9.53 Å². The highest BCUT2D eigenvalue weighted by atomic mass is 28.3. The van der Waals surface area contributed by atoms with Crippen LogP contribution in [0.2, 0.25) is 0 Å². The number of carboxylic acids is 1. The molecule has 27 heavy (non-hydrogen) atoms. The van der Waals surface area contributed by atoms with Gasteiger partial charge in [-0.2, -0.15) is 0 Å². The Labute approximate surface area is 160 Å². The van der Waals surface area contributed by atoms with Crippen LogP contribution < -0.4 is 15.6 Å². The molecule has 1 aliphatic heterocycles. The van der Waals surface area contributed by atoms with E-state index in [9.17, 15) is 9.90 Å². The lowest BCUT2D eigenvalue weighted by Crippen LogP contribution is -2.75. The van der Waals surface area contributed by atoms with Crippen molar-refractivity contribution in [1.29, 1.82) is 0 Å². The van der Waals surface area contributed by atoms with Crippen molar-refractivity contribution in [1.82, 2.24) is 0 Å². The number of carboxylic acid groups (broad SMARTS) is 1. The first kappa shape index (κ1) is 17.7. The van der Waals surface area contributed by atoms with Gasteiger partial charge in [0.1, 0.15) is 0 Å². The molecule has 4 rings (SSSR count). The maximum Gasteiger partial charge on any atom is 0.308 e. The van der Waals surface area contributed by atoms with Crippen LogP contribution in [0.3, 0.4) is 0 Å². The molecule has 3 aromatic carbocycles. The predicted octanol–water partition coefficient (Wildman–Crippen LogP) is 2.19. The van der Waals surface area contributed by atoms with Gasteiger partial charge in [-0.05, 0) is 22.0 Å². The van der Waals surface area contributed by atoms with Crippen LogP contribution in [0.1, 0.15) is 6.42 Å². The molecular weight excluding hydrogens is 352 g/mol. The lowest BCUT2D eigenvalue weighted by Gasteiger charge is -2.39. The first-order chi connectivity index (χ1) is 13.2. The van der Waals surface area contributed by atoms with E-state index < -0.39 is 20.0 Å². The van der Waals surface area contributed by atoms with Gasteiger partial charge in [0, 0.05) is 6.61 Å². The molecule has 0 saturated carbocycles. The van der Waals surface area contributed by atoms with Crippen molar-refractivity contribution in [2.24, 2.45) is 5.92 Å². The van der Waals surface area contributed by atoms with Gasteiger partial charge < -0.3 is 9.84 Å². The zero-order valence-corrected chi connectivity index (χ0v) is 16.0. The molecular formula is C23H22O3Si. The third kappa shape index (κ3) is 3.01. The van der Waals surface area contributed by atoms with Crippen molar-refractivity contribution in [3.8, 4) is 0 Å². The summed E-state index contributed by atoms with van der Waals surface area (Å²) in [7, 11) is -2.72. The minimum absolute atomic E-state index is 0.345. The summed E-state index contributed by atoms with van der Waals surface area (Å²) in [6.07, 6.45) is 0.557. The van der Waals surface area contributed by atoms with Crippen LogP contribution in [-0.4, -0.2) is 31.5 Å². The predicted molar refractivity (Wildman–Crippen MR) is 109 cm³/mol. The molecule has 2 unspecified atom stereocenters. The third-order valence-corrected chi connectivity index (χ3v) is 10.7. The number of aliphatic carboxylic acids is 1. The Balaban J connectivity index is 2.05. The number of rotatable bonds is 5. The van der Waals surface area contributed by atoms with E-state index in [2.05, 4.69) is 36.4 Å². The summed E-state index contributed by atoms with van der Waals surface area (Å²) in [5, 5.41) is 13.5. The molecule has 136 valence electrons. The molecule has 1 fully saturated rings. The fourth-order valence-electron chi connectivity index (χ4n) is 4.37. The zero-order chi connectivity index (χ0) is 18.7. The number of carbonyl (C=O) groups is 1. The molecule has 0 bridgehead atoms. The van der Waals surface area contributed by atoms with Crippen molar-refractivity contribution >= 4 is 29.6 Å². The lowest BCUT2D eigenvalue weighted by molar-refractivity contribution is -0.142. The van der Waals surface area contributed by atoms with Gasteiger partial charge in [0.15, 0.2) is 8.07 Å². The molecule has 3 aromatic rings. The average Bonchev–Trinajstić information content (AvgIpc) is 3.22. The largest absolute Gasteiger partial charge is 0.481 e. The third-order valence-electron chi connectivity index (χ3n) is 5.52. The van der Waals surface area contributed by atoms with E-state index in [1.54, 1.807) is 0 Å². The Kier molecular flexibility index (Phi) is 4.92. The smallest absolute Gasteiger partial charge is 0.308 e. The van der Waals surface area contributed by atoms with Gasteiger partial charge in [-0.3, -0.25) is 4.79 Å². The summed E-state index contributed by atoms with van der Waals surface area (Å²) in [6, 6.07) is 31.0. The van der Waals surface area contributed by atoms with Gasteiger partial charge in [-0.1, -0.05) is 91.0 Å². The fraction of sp³-hybridized carbons (Fsp3) is 0.174. The molecule has 0 amide bonds. The van der Waals surface area contributed by atoms with Gasteiger partial charge in [0.25, 0.3) is 0 Å². The number of ether oxygens (including phenoxy) is 1. The minimum Gasteiger partial charge on any atom is -0.481 e. The van der Waals surface area contributed by atoms with Crippen LogP contribution >= 0.6 is 0 Å². The fourth-order valence-corrected chi connectivity index (χ4v) is 9.79. The van der Waals surface area contributed by atoms with E-state index in [0.717, 1.165) is 0 Å². The van der Waals surface area contributed by atoms with E-state index in [1.807, 2.05) is 54.6 Å². The van der Waals surface area contributed by atoms with Crippen LogP contribution in [0.25, 0.3) is 0 Å². The Morgan fingerprint density at radius 3 is 1.56 bits per heavy atom. The second-order valence-electron chi connectivity index (χ2n) is 6.93. The topological polar surface area (TPSA) is 46.5 Å². The van der Waals surface area contributed by atoms with Crippen LogP contribution in [0.5, 0.6) is 0 Å². The minimum atomic E-state index is -2.72. The standard InChI is InChI=1S/C23H22O3Si/c24-22(25)21-16-17-26-23(21)27(18-10-4-1-5-11-18,19-12-6-2-7-13-19)20-14-8-3-9-15-20/h1-15,21,23H,16-17H2,(H,24,25). The second kappa shape index (κ2) is 7.51. The van der Waals surface area contributed by atoms with Crippen molar-refractivity contribution in [2.45, 2.75) is 12.1 Å². The van der Waals surface area contributed by atoms with Crippen molar-refractivity contribution in [3.05, 3.63) is 91.0 Å². The lowest BCUT2D eigenvalue weighted by atomic mass is 10.1. The van der Waals surface area contributed by atoms with Gasteiger partial charge in [-0.25, -0.2) is 0 Å². The normalized spacial score (nSPS) is 19.7. The molecule has 0 aliphatic carbocycles. The maximum absolute atomic E-state index is 12.1. The van der Waals surface area contributed by atoms with E-state index >= 15 is 0 Å². The monoisotopic (exact) mass is 374 g/mol. The summed E-state index contributed by atoms with van der Waals surface area (Å²) in [4.78, 5) is 12.1. The van der Waals surface area contributed by atoms with Crippen molar-refractivity contribution < 1.29 is 14.6 Å². The molecule has 1 heterocycles. The highest BCUT2D eigenvalue weighted by Gasteiger charge is 2.54. The quantitative estimate of drug-likeness (QED) is 0.550. The van der Waals surface area contributed by atoms with E-state index in [-0.39, 0.29) is 5.73 Å². The van der Waals surface area contributed by atoms with E-state index in [1.165, 1.54) is 15.6 Å². The van der Waals surface area contributed by atoms with Gasteiger partial charge >= 0.3 is 5.97 Å². The average molecular weight is 375 g/mol. The molecule has 1 aliphatic rings. The molecule has 3 nitrogen and oxygen atoms in total. The number of hydrogen-bond donors (Lipinski definition) is 1. The van der Waals surface area contributed by atoms with Crippen molar-refractivity contribution in [3.63, 3.8) is 0 Å². The van der Waals surface area contributed by atoms with Gasteiger partial charge in [-0.15, -0.1) is 0 Å². The Morgan fingerprint density at radius 1 is 0.778 bits per heavy atom. The molecule has 0 aromatic heterocycles. The molecule has 0 spiro atoms. The first-order valence-corrected chi connectivity index (χ1v) is 11.3. The van der Waals surface area contributed by atoms with Gasteiger partial charge in [0.05, 0.1) is 11.6 Å². The maximum atomic E-state index is 12.1. The van der Waals surface area contributed by atoms with Crippen LogP contribution in [0, 0.1) is 5.92 Å². The molecule has 0 radical (unpaired) electrons. The number of benzene rings is 3. The Morgan fingerprint density at radius 2 is 1.19 bits per heavy atom. The Hall–Kier alpha value is -2.69. The molecule has 4 heteroatoms. The highest BCUT2D eigenvalue weighted by Crippen LogP contribution is 2.29. The van der Waals surface area contributed by atoms with E-state index in [4.69, 9.17) is 4.74 Å². The summed E-state index contributed by atoms with van der Waals surface area (Å²) in [5.74, 6) is -1.27. The highest BCUT2D eigenvalue weighted by molar-refractivity contribution is 7.12. The van der Waals surface area contributed by atoms with Crippen molar-refractivity contribution in [2.75, 3.05) is 6.61 Å². The zero-order valence-electron chi connectivity index (χ0n) is 15.0. The van der Waals surface area contributed by atoms with E-state index in [0.29, 0.717) is 13.0 Å². The summed E-state index contributed by atoms with van der Waals surface area (Å²) >= 11 is 0. The summed E-state index contributed by atoms with van der Waals surface area (Å²) in [6.45, 7) is 0.489. The van der Waals surface area contributed by atoms with Crippen LogP contribution in [0.4, 0.5) is 0 Å². The molecule has 1 N–H and O–H groups in total. The van der Waals surface area contributed by atoms with Gasteiger partial charge in [0.2, 0.25) is 0 Å². The van der Waals surface area contributed by atoms with Crippen LogP contribution in [0.15, 0.2) is 91.0 Å². The summed E-state index contributed by atoms with van der Waals surface area (Å²) < 4.78 is 6.24. The second-order valence-corrected chi connectivity index (χ2v) is 10.8. The summed E-state index contributed by atoms with van der Waals surface area (Å²) in [5.41, 5.74) is -0.345. The Bertz CT molecular complexity index is 800. The number of hydrogen-bond acceptors (Lipinski definition) is 2.